The molecule has 5 heteroatoms. The van der Waals surface area contributed by atoms with E-state index >= 15 is 0 Å². The van der Waals surface area contributed by atoms with Gasteiger partial charge in [-0.25, -0.2) is 0 Å². The standard InChI is InChI=1S/C18H20N2O3/c21-18(17-14-6-2-4-8-16(14)23-20-17)19-10-12-9-13-5-1-3-7-15(13)22-11-12/h1,3,5,7,12H,2,4,6,8-11H2,(H,19,21). The molecular weight excluding hydrogens is 292 g/mol. The van der Waals surface area contributed by atoms with Gasteiger partial charge in [0.15, 0.2) is 5.69 Å². The number of aryl methyl sites for hydroxylation is 1. The molecule has 2 heterocycles. The normalized spacial score (nSPS) is 19.4. The van der Waals surface area contributed by atoms with Crippen molar-refractivity contribution in [3.63, 3.8) is 0 Å². The van der Waals surface area contributed by atoms with Crippen LogP contribution in [0, 0.1) is 5.92 Å². The van der Waals surface area contributed by atoms with Crippen molar-refractivity contribution < 1.29 is 14.1 Å². The second-order valence-electron chi connectivity index (χ2n) is 6.34. The first-order chi connectivity index (χ1) is 11.3. The van der Waals surface area contributed by atoms with Crippen molar-refractivity contribution in [3.05, 3.63) is 46.8 Å². The predicted molar refractivity (Wildman–Crippen MR) is 84.6 cm³/mol. The number of fused-ring (bicyclic) bond motifs is 2. The van der Waals surface area contributed by atoms with Crippen molar-refractivity contribution in [1.29, 1.82) is 0 Å². The van der Waals surface area contributed by atoms with Gasteiger partial charge in [-0.3, -0.25) is 4.79 Å². The number of hydrogen-bond donors (Lipinski definition) is 1. The topological polar surface area (TPSA) is 64.4 Å². The third kappa shape index (κ3) is 2.83. The van der Waals surface area contributed by atoms with Crippen molar-refractivity contribution in [3.8, 4) is 5.75 Å². The summed E-state index contributed by atoms with van der Waals surface area (Å²) in [6.45, 7) is 1.23. The van der Waals surface area contributed by atoms with Crippen LogP contribution < -0.4 is 10.1 Å². The third-order valence-electron chi connectivity index (χ3n) is 4.67. The number of aromatic nitrogens is 1. The summed E-state index contributed by atoms with van der Waals surface area (Å²) < 4.78 is 11.1. The molecule has 1 aromatic heterocycles. The minimum Gasteiger partial charge on any atom is -0.493 e. The first-order valence-electron chi connectivity index (χ1n) is 8.27. The van der Waals surface area contributed by atoms with Gasteiger partial charge in [-0.15, -0.1) is 0 Å². The van der Waals surface area contributed by atoms with Crippen LogP contribution >= 0.6 is 0 Å². The Bertz CT molecular complexity index is 723. The molecule has 1 aromatic carbocycles. The van der Waals surface area contributed by atoms with E-state index in [1.807, 2.05) is 18.2 Å². The Balaban J connectivity index is 1.38. The van der Waals surface area contributed by atoms with Crippen molar-refractivity contribution in [2.75, 3.05) is 13.2 Å². The maximum absolute atomic E-state index is 12.4. The SMILES string of the molecule is O=C(NCC1COc2ccccc2C1)c1noc2c1CCCC2. The minimum atomic E-state index is -0.129. The van der Waals surface area contributed by atoms with Crippen LogP contribution in [0.15, 0.2) is 28.8 Å². The summed E-state index contributed by atoms with van der Waals surface area (Å²) in [5.41, 5.74) is 2.67. The molecule has 0 fully saturated rings. The Kier molecular flexibility index (Phi) is 3.77. The summed E-state index contributed by atoms with van der Waals surface area (Å²) in [5, 5.41) is 6.97. The Morgan fingerprint density at radius 2 is 2.13 bits per heavy atom. The smallest absolute Gasteiger partial charge is 0.273 e. The molecule has 0 radical (unpaired) electrons. The molecule has 4 rings (SSSR count). The van der Waals surface area contributed by atoms with E-state index in [-0.39, 0.29) is 11.8 Å². The maximum Gasteiger partial charge on any atom is 0.273 e. The molecule has 0 spiro atoms. The molecule has 1 N–H and O–H groups in total. The molecule has 23 heavy (non-hydrogen) atoms. The van der Waals surface area contributed by atoms with Gasteiger partial charge in [0.25, 0.3) is 5.91 Å². The van der Waals surface area contributed by atoms with Crippen molar-refractivity contribution in [2.24, 2.45) is 5.92 Å². The van der Waals surface area contributed by atoms with Crippen LogP contribution in [-0.2, 0) is 19.3 Å². The number of rotatable bonds is 3. The summed E-state index contributed by atoms with van der Waals surface area (Å²) in [6, 6.07) is 8.07. The molecule has 0 bridgehead atoms. The number of benzene rings is 1. The number of carbonyl (C=O) groups is 1. The van der Waals surface area contributed by atoms with E-state index in [0.717, 1.165) is 49.2 Å². The van der Waals surface area contributed by atoms with E-state index in [4.69, 9.17) is 9.26 Å². The van der Waals surface area contributed by atoms with Gasteiger partial charge in [-0.1, -0.05) is 23.4 Å². The number of para-hydroxylation sites is 1. The molecule has 120 valence electrons. The van der Waals surface area contributed by atoms with Gasteiger partial charge in [0, 0.05) is 24.4 Å². The van der Waals surface area contributed by atoms with Crippen LogP contribution in [0.4, 0.5) is 0 Å². The van der Waals surface area contributed by atoms with Crippen molar-refractivity contribution in [2.45, 2.75) is 32.1 Å². The third-order valence-corrected chi connectivity index (χ3v) is 4.67. The fourth-order valence-electron chi connectivity index (χ4n) is 3.41. The Morgan fingerprint density at radius 3 is 3.09 bits per heavy atom. The summed E-state index contributed by atoms with van der Waals surface area (Å²) in [6.07, 6.45) is 4.92. The van der Waals surface area contributed by atoms with Crippen LogP contribution in [0.5, 0.6) is 5.75 Å². The summed E-state index contributed by atoms with van der Waals surface area (Å²) in [7, 11) is 0. The summed E-state index contributed by atoms with van der Waals surface area (Å²) in [5.74, 6) is 2.00. The molecule has 1 aliphatic heterocycles. The highest BCUT2D eigenvalue weighted by Crippen LogP contribution is 2.27. The molecule has 1 aliphatic carbocycles. The fourth-order valence-corrected chi connectivity index (χ4v) is 3.41. The zero-order chi connectivity index (χ0) is 15.6. The van der Waals surface area contributed by atoms with E-state index in [1.54, 1.807) is 0 Å². The Morgan fingerprint density at radius 1 is 1.26 bits per heavy atom. The molecule has 1 unspecified atom stereocenters. The van der Waals surface area contributed by atoms with Gasteiger partial charge in [-0.2, -0.15) is 0 Å². The monoisotopic (exact) mass is 312 g/mol. The van der Waals surface area contributed by atoms with E-state index in [9.17, 15) is 4.79 Å². The van der Waals surface area contributed by atoms with Crippen molar-refractivity contribution in [1.82, 2.24) is 10.5 Å². The Hall–Kier alpha value is -2.30. The second-order valence-corrected chi connectivity index (χ2v) is 6.34. The molecule has 1 atom stereocenters. The van der Waals surface area contributed by atoms with Crippen LogP contribution in [0.25, 0.3) is 0 Å². The number of amides is 1. The van der Waals surface area contributed by atoms with Crippen LogP contribution in [0.1, 0.15) is 40.2 Å². The van der Waals surface area contributed by atoms with Gasteiger partial charge in [-0.05, 0) is 37.3 Å². The lowest BCUT2D eigenvalue weighted by Gasteiger charge is -2.25. The summed E-state index contributed by atoms with van der Waals surface area (Å²) >= 11 is 0. The van der Waals surface area contributed by atoms with Gasteiger partial charge in [0.05, 0.1) is 6.61 Å². The summed E-state index contributed by atoms with van der Waals surface area (Å²) in [4.78, 5) is 12.4. The van der Waals surface area contributed by atoms with Gasteiger partial charge in [0.1, 0.15) is 11.5 Å². The molecular formula is C18H20N2O3. The maximum atomic E-state index is 12.4. The molecule has 5 nitrogen and oxygen atoms in total. The highest BCUT2D eigenvalue weighted by atomic mass is 16.5. The number of nitrogens with zero attached hydrogens (tertiary/aromatic N) is 1. The molecule has 0 saturated carbocycles. The molecule has 1 amide bonds. The second kappa shape index (κ2) is 6.07. The van der Waals surface area contributed by atoms with E-state index in [2.05, 4.69) is 16.5 Å². The zero-order valence-electron chi connectivity index (χ0n) is 13.0. The van der Waals surface area contributed by atoms with Gasteiger partial charge in [0.2, 0.25) is 0 Å². The lowest BCUT2D eigenvalue weighted by atomic mass is 9.95. The van der Waals surface area contributed by atoms with Crippen LogP contribution in [-0.4, -0.2) is 24.2 Å². The average Bonchev–Trinajstić information content (AvgIpc) is 3.03. The Labute approximate surface area is 135 Å². The van der Waals surface area contributed by atoms with Gasteiger partial charge >= 0.3 is 0 Å². The van der Waals surface area contributed by atoms with Crippen LogP contribution in [0.3, 0.4) is 0 Å². The fraction of sp³-hybridized carbons (Fsp3) is 0.444. The molecule has 0 saturated heterocycles. The van der Waals surface area contributed by atoms with Crippen LogP contribution in [0.2, 0.25) is 0 Å². The number of ether oxygens (including phenoxy) is 1. The first-order valence-corrected chi connectivity index (χ1v) is 8.27. The lowest BCUT2D eigenvalue weighted by molar-refractivity contribution is 0.0929. The predicted octanol–water partition coefficient (Wildman–Crippen LogP) is 2.53. The number of hydrogen-bond acceptors (Lipinski definition) is 4. The largest absolute Gasteiger partial charge is 0.493 e. The van der Waals surface area contributed by atoms with E-state index < -0.39 is 0 Å². The lowest BCUT2D eigenvalue weighted by Crippen LogP contribution is -2.35. The quantitative estimate of drug-likeness (QED) is 0.946. The average molecular weight is 312 g/mol. The zero-order valence-corrected chi connectivity index (χ0v) is 13.0. The van der Waals surface area contributed by atoms with E-state index in [0.29, 0.717) is 18.8 Å². The number of carbonyl (C=O) groups excluding carboxylic acids is 1. The van der Waals surface area contributed by atoms with Gasteiger partial charge < -0.3 is 14.6 Å². The first kappa shape index (κ1) is 14.3. The van der Waals surface area contributed by atoms with Crippen molar-refractivity contribution >= 4 is 5.91 Å². The highest BCUT2D eigenvalue weighted by molar-refractivity contribution is 5.93. The molecule has 2 aliphatic rings. The number of nitrogens with one attached hydrogen (secondary N) is 1. The minimum absolute atomic E-state index is 0.129. The van der Waals surface area contributed by atoms with E-state index in [1.165, 1.54) is 5.56 Å². The highest BCUT2D eigenvalue weighted by Gasteiger charge is 2.25. The molecule has 2 aromatic rings.